The summed E-state index contributed by atoms with van der Waals surface area (Å²) in [5, 5.41) is 10.3. The van der Waals surface area contributed by atoms with E-state index < -0.39 is 24.7 Å². The SMILES string of the molecule is Cc1cc(C(=O)NCC(N2CCNCC2)C(F)(F)F)c2c(C)nn(C)c2n1.Cl.Cl. The summed E-state index contributed by atoms with van der Waals surface area (Å²) in [5.74, 6) is -0.550. The lowest BCUT2D eigenvalue weighted by Crippen LogP contribution is -2.57. The first-order valence-corrected chi connectivity index (χ1v) is 8.79. The molecular weight excluding hydrogens is 432 g/mol. The van der Waals surface area contributed by atoms with Crippen LogP contribution in [0.2, 0.25) is 0 Å². The molecular formula is C17H25Cl2F3N6O. The van der Waals surface area contributed by atoms with Gasteiger partial charge in [-0.15, -0.1) is 24.8 Å². The Hall–Kier alpha value is -1.62. The minimum Gasteiger partial charge on any atom is -0.350 e. The number of aryl methyl sites for hydroxylation is 3. The second-order valence-corrected chi connectivity index (χ2v) is 6.77. The number of halogens is 5. The quantitative estimate of drug-likeness (QED) is 0.735. The van der Waals surface area contributed by atoms with E-state index in [2.05, 4.69) is 20.7 Å². The maximum atomic E-state index is 13.5. The van der Waals surface area contributed by atoms with Crippen molar-refractivity contribution in [2.75, 3.05) is 32.7 Å². The number of carbonyl (C=O) groups excluding carboxylic acids is 1. The van der Waals surface area contributed by atoms with Crippen LogP contribution in [0.3, 0.4) is 0 Å². The predicted molar refractivity (Wildman–Crippen MR) is 109 cm³/mol. The first kappa shape index (κ1) is 25.4. The monoisotopic (exact) mass is 456 g/mol. The van der Waals surface area contributed by atoms with Crippen LogP contribution < -0.4 is 10.6 Å². The third-order valence-electron chi connectivity index (χ3n) is 4.77. The van der Waals surface area contributed by atoms with Crippen LogP contribution in [0.25, 0.3) is 11.0 Å². The average Bonchev–Trinajstić information content (AvgIpc) is 2.88. The van der Waals surface area contributed by atoms with Gasteiger partial charge in [0.15, 0.2) is 5.65 Å². The highest BCUT2D eigenvalue weighted by atomic mass is 35.5. The Morgan fingerprint density at radius 2 is 1.90 bits per heavy atom. The number of nitrogens with zero attached hydrogens (tertiary/aromatic N) is 4. The minimum absolute atomic E-state index is 0. The zero-order chi connectivity index (χ0) is 19.8. The largest absolute Gasteiger partial charge is 0.405 e. The first-order chi connectivity index (χ1) is 12.7. The molecule has 3 heterocycles. The van der Waals surface area contributed by atoms with Gasteiger partial charge in [-0.25, -0.2) is 4.98 Å². The molecule has 0 radical (unpaired) electrons. The van der Waals surface area contributed by atoms with Gasteiger partial charge in [0.25, 0.3) is 5.91 Å². The molecule has 2 N–H and O–H groups in total. The van der Waals surface area contributed by atoms with E-state index in [1.54, 1.807) is 31.6 Å². The molecule has 12 heteroatoms. The Kier molecular flexibility index (Phi) is 8.70. The van der Waals surface area contributed by atoms with Crippen molar-refractivity contribution >= 4 is 41.8 Å². The maximum absolute atomic E-state index is 13.5. The van der Waals surface area contributed by atoms with Gasteiger partial charge in [-0.05, 0) is 19.9 Å². The summed E-state index contributed by atoms with van der Waals surface area (Å²) >= 11 is 0. The number of amides is 1. The molecule has 7 nitrogen and oxygen atoms in total. The van der Waals surface area contributed by atoms with E-state index in [1.165, 1.54) is 4.90 Å². The number of fused-ring (bicyclic) bond motifs is 1. The van der Waals surface area contributed by atoms with Crippen molar-refractivity contribution in [1.29, 1.82) is 0 Å². The number of hydrogen-bond acceptors (Lipinski definition) is 5. The number of pyridine rings is 1. The van der Waals surface area contributed by atoms with Crippen LogP contribution in [0.4, 0.5) is 13.2 Å². The van der Waals surface area contributed by atoms with Crippen LogP contribution in [-0.2, 0) is 7.05 Å². The molecule has 0 spiro atoms. The number of piperazine rings is 1. The van der Waals surface area contributed by atoms with Gasteiger partial charge >= 0.3 is 6.18 Å². The van der Waals surface area contributed by atoms with Crippen LogP contribution in [0.1, 0.15) is 21.7 Å². The number of hydrogen-bond donors (Lipinski definition) is 2. The number of alkyl halides is 3. The maximum Gasteiger partial charge on any atom is 0.405 e. The highest BCUT2D eigenvalue weighted by Crippen LogP contribution is 2.25. The molecule has 1 atom stereocenters. The standard InChI is InChI=1S/C17H23F3N6O.2ClH/c1-10-8-12(14-11(2)24-25(3)15(14)23-10)16(27)22-9-13(17(18,19)20)26-6-4-21-5-7-26;;/h8,13,21H,4-7,9H2,1-3H3,(H,22,27);2*1H. The normalized spacial score (nSPS) is 16.1. The Morgan fingerprint density at radius 3 is 2.48 bits per heavy atom. The van der Waals surface area contributed by atoms with E-state index in [1.807, 2.05) is 0 Å². The lowest BCUT2D eigenvalue weighted by atomic mass is 10.1. The van der Waals surface area contributed by atoms with Gasteiger partial charge < -0.3 is 10.6 Å². The van der Waals surface area contributed by atoms with Gasteiger partial charge in [-0.3, -0.25) is 14.4 Å². The summed E-state index contributed by atoms with van der Waals surface area (Å²) < 4.78 is 42.1. The third kappa shape index (κ3) is 5.50. The molecule has 2 aromatic rings. The Labute approximate surface area is 179 Å². The molecule has 2 aromatic heterocycles. The summed E-state index contributed by atoms with van der Waals surface area (Å²) in [4.78, 5) is 18.4. The van der Waals surface area contributed by atoms with E-state index >= 15 is 0 Å². The fourth-order valence-electron chi connectivity index (χ4n) is 3.48. The molecule has 0 saturated carbocycles. The molecule has 0 aromatic carbocycles. The van der Waals surface area contributed by atoms with Crippen LogP contribution in [0, 0.1) is 13.8 Å². The smallest absolute Gasteiger partial charge is 0.350 e. The van der Waals surface area contributed by atoms with Gasteiger partial charge in [-0.1, -0.05) is 0 Å². The zero-order valence-electron chi connectivity index (χ0n) is 16.3. The highest BCUT2D eigenvalue weighted by molar-refractivity contribution is 6.06. The number of rotatable bonds is 4. The molecule has 1 fully saturated rings. The van der Waals surface area contributed by atoms with E-state index in [0.29, 0.717) is 54.2 Å². The van der Waals surface area contributed by atoms with Crippen molar-refractivity contribution < 1.29 is 18.0 Å². The number of carbonyl (C=O) groups is 1. The fraction of sp³-hybridized carbons (Fsp3) is 0.588. The summed E-state index contributed by atoms with van der Waals surface area (Å²) in [6, 6.07) is -0.128. The predicted octanol–water partition coefficient (Wildman–Crippen LogP) is 1.99. The Bertz CT molecular complexity index is 852. The van der Waals surface area contributed by atoms with E-state index in [0.717, 1.165) is 0 Å². The molecule has 1 unspecified atom stereocenters. The van der Waals surface area contributed by atoms with Crippen LogP contribution in [-0.4, -0.2) is 70.5 Å². The molecule has 0 bridgehead atoms. The van der Waals surface area contributed by atoms with Crippen molar-refractivity contribution in [3.05, 3.63) is 23.0 Å². The van der Waals surface area contributed by atoms with Gasteiger partial charge in [0, 0.05) is 45.5 Å². The van der Waals surface area contributed by atoms with E-state index in [-0.39, 0.29) is 24.8 Å². The third-order valence-corrected chi connectivity index (χ3v) is 4.77. The molecule has 1 aliphatic heterocycles. The van der Waals surface area contributed by atoms with Gasteiger partial charge in [0.1, 0.15) is 6.04 Å². The first-order valence-electron chi connectivity index (χ1n) is 8.79. The molecule has 1 saturated heterocycles. The second kappa shape index (κ2) is 9.92. The van der Waals surface area contributed by atoms with E-state index in [9.17, 15) is 18.0 Å². The van der Waals surface area contributed by atoms with Crippen molar-refractivity contribution in [1.82, 2.24) is 30.3 Å². The molecule has 3 rings (SSSR count). The van der Waals surface area contributed by atoms with Gasteiger partial charge in [0.05, 0.1) is 16.6 Å². The lowest BCUT2D eigenvalue weighted by Gasteiger charge is -2.35. The van der Waals surface area contributed by atoms with Crippen LogP contribution in [0.15, 0.2) is 6.07 Å². The number of nitrogens with one attached hydrogen (secondary N) is 2. The minimum atomic E-state index is -4.42. The molecule has 29 heavy (non-hydrogen) atoms. The number of aromatic nitrogens is 3. The van der Waals surface area contributed by atoms with Crippen molar-refractivity contribution in [2.45, 2.75) is 26.1 Å². The summed E-state index contributed by atoms with van der Waals surface area (Å²) in [6.45, 7) is 4.57. The molecule has 0 aliphatic carbocycles. The topological polar surface area (TPSA) is 75.1 Å². The van der Waals surface area contributed by atoms with E-state index in [4.69, 9.17) is 0 Å². The summed E-state index contributed by atoms with van der Waals surface area (Å²) in [6.07, 6.45) is -4.42. The molecule has 1 amide bonds. The van der Waals surface area contributed by atoms with Crippen molar-refractivity contribution in [3.63, 3.8) is 0 Å². The fourth-order valence-corrected chi connectivity index (χ4v) is 3.48. The van der Waals surface area contributed by atoms with Crippen molar-refractivity contribution in [2.24, 2.45) is 7.05 Å². The second-order valence-electron chi connectivity index (χ2n) is 6.77. The van der Waals surface area contributed by atoms with Gasteiger partial charge in [-0.2, -0.15) is 18.3 Å². The Morgan fingerprint density at radius 1 is 1.28 bits per heavy atom. The van der Waals surface area contributed by atoms with Crippen LogP contribution in [0.5, 0.6) is 0 Å². The lowest BCUT2D eigenvalue weighted by molar-refractivity contribution is -0.183. The zero-order valence-corrected chi connectivity index (χ0v) is 18.0. The van der Waals surface area contributed by atoms with Gasteiger partial charge in [0.2, 0.25) is 0 Å². The van der Waals surface area contributed by atoms with Crippen molar-refractivity contribution in [3.8, 4) is 0 Å². The average molecular weight is 457 g/mol. The molecule has 164 valence electrons. The highest BCUT2D eigenvalue weighted by Gasteiger charge is 2.43. The summed E-state index contributed by atoms with van der Waals surface area (Å²) in [7, 11) is 1.72. The summed E-state index contributed by atoms with van der Waals surface area (Å²) in [5.41, 5.74) is 2.04. The molecule has 1 aliphatic rings. The van der Waals surface area contributed by atoms with Crippen LogP contribution >= 0.6 is 24.8 Å². The Balaban J connectivity index is 0.00000210.